The Morgan fingerprint density at radius 3 is 2.92 bits per heavy atom. The lowest BCUT2D eigenvalue weighted by Gasteiger charge is -2.19. The van der Waals surface area contributed by atoms with Crippen molar-refractivity contribution in [3.05, 3.63) is 16.7 Å². The Balaban J connectivity index is 2.31. The van der Waals surface area contributed by atoms with E-state index in [1.54, 1.807) is 6.20 Å². The Morgan fingerprint density at radius 1 is 1.62 bits per heavy atom. The van der Waals surface area contributed by atoms with E-state index in [1.807, 2.05) is 6.07 Å². The summed E-state index contributed by atoms with van der Waals surface area (Å²) in [6.07, 6.45) is 4.32. The van der Waals surface area contributed by atoms with Crippen LogP contribution in [0.4, 0.5) is 11.5 Å². The molecule has 1 aromatic rings. The van der Waals surface area contributed by atoms with Gasteiger partial charge in [-0.3, -0.25) is 0 Å². The van der Waals surface area contributed by atoms with E-state index in [1.165, 1.54) is 12.8 Å². The minimum atomic E-state index is 0.575. The van der Waals surface area contributed by atoms with E-state index in [0.717, 1.165) is 10.2 Å². The van der Waals surface area contributed by atoms with Crippen LogP contribution in [0.15, 0.2) is 16.7 Å². The van der Waals surface area contributed by atoms with Crippen LogP contribution < -0.4 is 10.6 Å². The van der Waals surface area contributed by atoms with Gasteiger partial charge in [-0.1, -0.05) is 0 Å². The summed E-state index contributed by atoms with van der Waals surface area (Å²) in [5.41, 5.74) is 6.76. The summed E-state index contributed by atoms with van der Waals surface area (Å²) >= 11 is 3.47. The van der Waals surface area contributed by atoms with E-state index in [0.29, 0.717) is 11.9 Å². The van der Waals surface area contributed by atoms with Crippen LogP contribution in [0.3, 0.4) is 0 Å². The number of nitrogens with zero attached hydrogens (tertiary/aromatic N) is 2. The number of pyridine rings is 1. The molecule has 1 fully saturated rings. The zero-order valence-corrected chi connectivity index (χ0v) is 9.08. The van der Waals surface area contributed by atoms with Crippen molar-refractivity contribution in [2.75, 3.05) is 17.7 Å². The van der Waals surface area contributed by atoms with Crippen molar-refractivity contribution in [1.29, 1.82) is 0 Å². The molecule has 0 saturated heterocycles. The number of aromatic nitrogens is 1. The van der Waals surface area contributed by atoms with Gasteiger partial charge in [-0.15, -0.1) is 0 Å². The van der Waals surface area contributed by atoms with Crippen molar-refractivity contribution >= 4 is 27.4 Å². The minimum Gasteiger partial charge on any atom is -0.384 e. The predicted octanol–water partition coefficient (Wildman–Crippen LogP) is 2.02. The van der Waals surface area contributed by atoms with Gasteiger partial charge in [-0.25, -0.2) is 4.98 Å². The highest BCUT2D eigenvalue weighted by atomic mass is 79.9. The third kappa shape index (κ3) is 1.77. The van der Waals surface area contributed by atoms with Crippen molar-refractivity contribution in [3.63, 3.8) is 0 Å². The predicted molar refractivity (Wildman–Crippen MR) is 57.8 cm³/mol. The number of hydrogen-bond donors (Lipinski definition) is 1. The molecule has 2 rings (SSSR count). The number of halogens is 1. The van der Waals surface area contributed by atoms with Crippen LogP contribution >= 0.6 is 15.9 Å². The lowest BCUT2D eigenvalue weighted by molar-refractivity contribution is 0.912. The van der Waals surface area contributed by atoms with Gasteiger partial charge >= 0.3 is 0 Å². The van der Waals surface area contributed by atoms with E-state index in [2.05, 4.69) is 32.9 Å². The van der Waals surface area contributed by atoms with E-state index < -0.39 is 0 Å². The van der Waals surface area contributed by atoms with Gasteiger partial charge in [-0.05, 0) is 28.8 Å². The van der Waals surface area contributed by atoms with Gasteiger partial charge in [0.15, 0.2) is 0 Å². The SMILES string of the molecule is CN(c1cc(N)ncc1Br)C1CC1. The van der Waals surface area contributed by atoms with Crippen LogP contribution in [0.2, 0.25) is 0 Å². The third-order valence-electron chi connectivity index (χ3n) is 2.33. The van der Waals surface area contributed by atoms with Crippen LogP contribution in [-0.2, 0) is 0 Å². The third-order valence-corrected chi connectivity index (χ3v) is 2.94. The summed E-state index contributed by atoms with van der Waals surface area (Å²) in [5, 5.41) is 0. The van der Waals surface area contributed by atoms with Crippen LogP contribution in [-0.4, -0.2) is 18.1 Å². The van der Waals surface area contributed by atoms with Crippen LogP contribution in [0, 0.1) is 0 Å². The molecule has 3 nitrogen and oxygen atoms in total. The molecule has 0 aliphatic heterocycles. The maximum Gasteiger partial charge on any atom is 0.125 e. The second-order valence-corrected chi connectivity index (χ2v) is 4.26. The molecule has 13 heavy (non-hydrogen) atoms. The molecule has 2 N–H and O–H groups in total. The zero-order valence-electron chi connectivity index (χ0n) is 7.50. The fourth-order valence-electron chi connectivity index (χ4n) is 1.37. The molecule has 1 aliphatic rings. The fraction of sp³-hybridized carbons (Fsp3) is 0.444. The highest BCUT2D eigenvalue weighted by molar-refractivity contribution is 9.10. The van der Waals surface area contributed by atoms with Gasteiger partial charge in [-0.2, -0.15) is 0 Å². The monoisotopic (exact) mass is 241 g/mol. The Kier molecular flexibility index (Phi) is 2.15. The second-order valence-electron chi connectivity index (χ2n) is 3.40. The number of hydrogen-bond acceptors (Lipinski definition) is 3. The zero-order chi connectivity index (χ0) is 9.42. The van der Waals surface area contributed by atoms with E-state index >= 15 is 0 Å². The fourth-order valence-corrected chi connectivity index (χ4v) is 1.87. The summed E-state index contributed by atoms with van der Waals surface area (Å²) in [5.74, 6) is 0.575. The topological polar surface area (TPSA) is 42.1 Å². The van der Waals surface area contributed by atoms with Gasteiger partial charge in [0.05, 0.1) is 10.2 Å². The summed E-state index contributed by atoms with van der Waals surface area (Å²) < 4.78 is 1.01. The molecule has 4 heteroatoms. The van der Waals surface area contributed by atoms with Crippen molar-refractivity contribution in [2.24, 2.45) is 0 Å². The summed E-state index contributed by atoms with van der Waals surface area (Å²) in [6.45, 7) is 0. The number of rotatable bonds is 2. The van der Waals surface area contributed by atoms with Gasteiger partial charge in [0.2, 0.25) is 0 Å². The molecule has 0 radical (unpaired) electrons. The lowest BCUT2D eigenvalue weighted by atomic mass is 10.3. The van der Waals surface area contributed by atoms with E-state index in [4.69, 9.17) is 5.73 Å². The summed E-state index contributed by atoms with van der Waals surface area (Å²) in [4.78, 5) is 6.26. The Labute approximate surface area is 86.1 Å². The maximum absolute atomic E-state index is 5.63. The average molecular weight is 242 g/mol. The highest BCUT2D eigenvalue weighted by Crippen LogP contribution is 2.34. The van der Waals surface area contributed by atoms with Gasteiger partial charge in [0.1, 0.15) is 5.82 Å². The molecule has 1 aliphatic carbocycles. The van der Waals surface area contributed by atoms with Gasteiger partial charge < -0.3 is 10.6 Å². The van der Waals surface area contributed by atoms with Gasteiger partial charge in [0, 0.05) is 25.4 Å². The summed E-state index contributed by atoms with van der Waals surface area (Å²) in [7, 11) is 2.09. The molecule has 1 saturated carbocycles. The Hall–Kier alpha value is -0.770. The van der Waals surface area contributed by atoms with Crippen molar-refractivity contribution in [2.45, 2.75) is 18.9 Å². The van der Waals surface area contributed by atoms with E-state index in [9.17, 15) is 0 Å². The Morgan fingerprint density at radius 2 is 2.31 bits per heavy atom. The number of nitrogens with two attached hydrogens (primary N) is 1. The molecular formula is C9H12BrN3. The molecule has 0 aromatic carbocycles. The minimum absolute atomic E-state index is 0.575. The molecular weight excluding hydrogens is 230 g/mol. The molecule has 0 unspecified atom stereocenters. The smallest absolute Gasteiger partial charge is 0.125 e. The normalized spacial score (nSPS) is 15.8. The van der Waals surface area contributed by atoms with Gasteiger partial charge in [0.25, 0.3) is 0 Å². The van der Waals surface area contributed by atoms with Crippen LogP contribution in [0.5, 0.6) is 0 Å². The highest BCUT2D eigenvalue weighted by Gasteiger charge is 2.27. The number of nitrogen functional groups attached to an aromatic ring is 1. The van der Waals surface area contributed by atoms with E-state index in [-0.39, 0.29) is 0 Å². The number of anilines is 2. The standard InChI is InChI=1S/C9H12BrN3/c1-13(6-2-3-6)8-4-9(11)12-5-7(8)10/h4-6H,2-3H2,1H3,(H2,11,12). The largest absolute Gasteiger partial charge is 0.384 e. The first kappa shape index (κ1) is 8.81. The molecule has 0 spiro atoms. The molecule has 0 amide bonds. The second kappa shape index (κ2) is 3.18. The van der Waals surface area contributed by atoms with Crippen LogP contribution in [0.1, 0.15) is 12.8 Å². The quantitative estimate of drug-likeness (QED) is 0.862. The average Bonchev–Trinajstić information content (AvgIpc) is 2.91. The Bertz CT molecular complexity index is 323. The molecule has 1 aromatic heterocycles. The molecule has 70 valence electrons. The summed E-state index contributed by atoms with van der Waals surface area (Å²) in [6, 6.07) is 2.60. The molecule has 1 heterocycles. The van der Waals surface area contributed by atoms with Crippen molar-refractivity contribution < 1.29 is 0 Å². The molecule has 0 atom stereocenters. The first-order valence-corrected chi connectivity index (χ1v) is 5.11. The maximum atomic E-state index is 5.63. The van der Waals surface area contributed by atoms with Crippen LogP contribution in [0.25, 0.3) is 0 Å². The molecule has 0 bridgehead atoms. The van der Waals surface area contributed by atoms with Crippen molar-refractivity contribution in [3.8, 4) is 0 Å². The first-order chi connectivity index (χ1) is 6.18. The first-order valence-electron chi connectivity index (χ1n) is 4.32. The lowest BCUT2D eigenvalue weighted by Crippen LogP contribution is -2.20. The van der Waals surface area contributed by atoms with Crippen molar-refractivity contribution in [1.82, 2.24) is 4.98 Å².